The van der Waals surface area contributed by atoms with E-state index in [9.17, 15) is 0 Å². The molecule has 0 unspecified atom stereocenters. The number of aromatic nitrogens is 2. The second-order valence-electron chi connectivity index (χ2n) is 4.55. The molecule has 0 spiro atoms. The smallest absolute Gasteiger partial charge is 0.0270 e. The average molecular weight is 226 g/mol. The monoisotopic (exact) mass is 226 g/mol. The van der Waals surface area contributed by atoms with Crippen LogP contribution in [0.4, 0.5) is 0 Å². The Morgan fingerprint density at radius 3 is 1.65 bits per heavy atom. The molecule has 17 heavy (non-hydrogen) atoms. The fraction of sp³-hybridized carbons (Fsp3) is 0.333. The molecule has 2 rings (SSSR count). The lowest BCUT2D eigenvalue weighted by Gasteiger charge is -2.30. The van der Waals surface area contributed by atoms with Gasteiger partial charge in [0.05, 0.1) is 0 Å². The Hall–Kier alpha value is -1.70. The first-order chi connectivity index (χ1) is 8.27. The molecule has 0 atom stereocenters. The van der Waals surface area contributed by atoms with E-state index in [4.69, 9.17) is 0 Å². The van der Waals surface area contributed by atoms with Gasteiger partial charge >= 0.3 is 0 Å². The Labute approximate surface area is 103 Å². The highest BCUT2D eigenvalue weighted by Gasteiger charge is 2.27. The summed E-state index contributed by atoms with van der Waals surface area (Å²) in [7, 11) is 0. The molecule has 88 valence electrons. The van der Waals surface area contributed by atoms with Crippen LogP contribution in [0.5, 0.6) is 0 Å². The van der Waals surface area contributed by atoms with Crippen LogP contribution in [0.25, 0.3) is 0 Å². The van der Waals surface area contributed by atoms with Crippen molar-refractivity contribution in [3.63, 3.8) is 0 Å². The van der Waals surface area contributed by atoms with Gasteiger partial charge in [-0.25, -0.2) is 0 Å². The molecular weight excluding hydrogens is 208 g/mol. The van der Waals surface area contributed by atoms with Gasteiger partial charge in [-0.1, -0.05) is 20.3 Å². The molecule has 0 bridgehead atoms. The Balaban J connectivity index is 2.47. The Bertz CT molecular complexity index is 411. The van der Waals surface area contributed by atoms with Crippen molar-refractivity contribution in [3.05, 3.63) is 60.2 Å². The summed E-state index contributed by atoms with van der Waals surface area (Å²) in [6.07, 6.45) is 9.74. The lowest BCUT2D eigenvalue weighted by atomic mass is 9.74. The first kappa shape index (κ1) is 11.8. The molecule has 0 aromatic carbocycles. The highest BCUT2D eigenvalue weighted by atomic mass is 14.6. The molecule has 0 saturated heterocycles. The maximum atomic E-state index is 4.10. The summed E-state index contributed by atoms with van der Waals surface area (Å²) >= 11 is 0. The van der Waals surface area contributed by atoms with Gasteiger partial charge in [0.2, 0.25) is 0 Å². The summed E-state index contributed by atoms with van der Waals surface area (Å²) in [4.78, 5) is 8.20. The molecule has 2 nitrogen and oxygen atoms in total. The summed E-state index contributed by atoms with van der Waals surface area (Å²) in [6.45, 7) is 4.52. The van der Waals surface area contributed by atoms with Crippen molar-refractivity contribution in [3.8, 4) is 0 Å². The van der Waals surface area contributed by atoms with E-state index in [0.29, 0.717) is 0 Å². The highest BCUT2D eigenvalue weighted by molar-refractivity contribution is 5.36. The third-order valence-electron chi connectivity index (χ3n) is 3.38. The SMILES string of the molecule is CCCC(C)(c1ccncc1)c1ccncc1. The second kappa shape index (κ2) is 5.09. The van der Waals surface area contributed by atoms with Gasteiger partial charge in [0.15, 0.2) is 0 Å². The van der Waals surface area contributed by atoms with Crippen molar-refractivity contribution >= 4 is 0 Å². The van der Waals surface area contributed by atoms with Crippen molar-refractivity contribution in [2.75, 3.05) is 0 Å². The molecule has 0 aliphatic heterocycles. The zero-order valence-corrected chi connectivity index (χ0v) is 10.4. The molecule has 2 heterocycles. The van der Waals surface area contributed by atoms with Crippen molar-refractivity contribution in [1.82, 2.24) is 9.97 Å². The summed E-state index contributed by atoms with van der Waals surface area (Å²) in [5, 5.41) is 0. The second-order valence-corrected chi connectivity index (χ2v) is 4.55. The van der Waals surface area contributed by atoms with Crippen molar-refractivity contribution in [2.45, 2.75) is 32.1 Å². The maximum Gasteiger partial charge on any atom is 0.0270 e. The quantitative estimate of drug-likeness (QED) is 0.796. The van der Waals surface area contributed by atoms with Gasteiger partial charge in [-0.2, -0.15) is 0 Å². The minimum absolute atomic E-state index is 0.0562. The van der Waals surface area contributed by atoms with Crippen LogP contribution in [0.15, 0.2) is 49.1 Å². The standard InChI is InChI=1S/C15H18N2/c1-3-8-15(2,13-4-9-16-10-5-13)14-6-11-17-12-7-14/h4-7,9-12H,3,8H2,1-2H3. The van der Waals surface area contributed by atoms with Crippen LogP contribution in [-0.2, 0) is 5.41 Å². The lowest BCUT2D eigenvalue weighted by Crippen LogP contribution is -2.23. The molecule has 2 aromatic rings. The number of pyridine rings is 2. The fourth-order valence-electron chi connectivity index (χ4n) is 2.39. The number of rotatable bonds is 4. The van der Waals surface area contributed by atoms with Crippen LogP contribution in [0, 0.1) is 0 Å². The van der Waals surface area contributed by atoms with E-state index in [1.54, 1.807) is 0 Å². The molecule has 0 amide bonds. The summed E-state index contributed by atoms with van der Waals surface area (Å²) in [6, 6.07) is 8.43. The Morgan fingerprint density at radius 1 is 0.882 bits per heavy atom. The van der Waals surface area contributed by atoms with Gasteiger partial charge in [0.25, 0.3) is 0 Å². The summed E-state index contributed by atoms with van der Waals surface area (Å²) in [5.41, 5.74) is 2.70. The van der Waals surface area contributed by atoms with E-state index < -0.39 is 0 Å². The molecule has 0 aliphatic carbocycles. The van der Waals surface area contributed by atoms with E-state index in [-0.39, 0.29) is 5.41 Å². The van der Waals surface area contributed by atoms with Crippen LogP contribution in [0.1, 0.15) is 37.8 Å². The first-order valence-corrected chi connectivity index (χ1v) is 6.08. The first-order valence-electron chi connectivity index (χ1n) is 6.08. The summed E-state index contributed by atoms with van der Waals surface area (Å²) < 4.78 is 0. The van der Waals surface area contributed by atoms with Crippen LogP contribution in [-0.4, -0.2) is 9.97 Å². The zero-order valence-electron chi connectivity index (χ0n) is 10.4. The minimum atomic E-state index is 0.0562. The van der Waals surface area contributed by atoms with E-state index in [1.165, 1.54) is 11.1 Å². The van der Waals surface area contributed by atoms with Gasteiger partial charge in [0, 0.05) is 30.2 Å². The van der Waals surface area contributed by atoms with Crippen LogP contribution < -0.4 is 0 Å². The van der Waals surface area contributed by atoms with Gasteiger partial charge < -0.3 is 0 Å². The van der Waals surface area contributed by atoms with Gasteiger partial charge in [0.1, 0.15) is 0 Å². The highest BCUT2D eigenvalue weighted by Crippen LogP contribution is 2.35. The number of nitrogens with zero attached hydrogens (tertiary/aromatic N) is 2. The Morgan fingerprint density at radius 2 is 1.29 bits per heavy atom. The van der Waals surface area contributed by atoms with E-state index in [2.05, 4.69) is 48.1 Å². The van der Waals surface area contributed by atoms with Gasteiger partial charge in [-0.05, 0) is 41.8 Å². The summed E-state index contributed by atoms with van der Waals surface area (Å²) in [5.74, 6) is 0. The van der Waals surface area contributed by atoms with Crippen LogP contribution in [0.2, 0.25) is 0 Å². The van der Waals surface area contributed by atoms with Crippen molar-refractivity contribution in [2.24, 2.45) is 0 Å². The molecule has 0 N–H and O–H groups in total. The third kappa shape index (κ3) is 2.36. The number of hydrogen-bond donors (Lipinski definition) is 0. The molecule has 2 heteroatoms. The van der Waals surface area contributed by atoms with Crippen LogP contribution in [0.3, 0.4) is 0 Å². The normalized spacial score (nSPS) is 11.4. The minimum Gasteiger partial charge on any atom is -0.265 e. The molecule has 2 aromatic heterocycles. The topological polar surface area (TPSA) is 25.8 Å². The molecule has 0 fully saturated rings. The van der Waals surface area contributed by atoms with E-state index in [0.717, 1.165) is 12.8 Å². The van der Waals surface area contributed by atoms with E-state index in [1.807, 2.05) is 24.8 Å². The largest absolute Gasteiger partial charge is 0.265 e. The van der Waals surface area contributed by atoms with Gasteiger partial charge in [-0.15, -0.1) is 0 Å². The van der Waals surface area contributed by atoms with Crippen LogP contribution >= 0.6 is 0 Å². The lowest BCUT2D eigenvalue weighted by molar-refractivity contribution is 0.510. The van der Waals surface area contributed by atoms with Gasteiger partial charge in [-0.3, -0.25) is 9.97 Å². The third-order valence-corrected chi connectivity index (χ3v) is 3.38. The predicted molar refractivity (Wildman–Crippen MR) is 69.8 cm³/mol. The molecule has 0 radical (unpaired) electrons. The number of hydrogen-bond acceptors (Lipinski definition) is 2. The predicted octanol–water partition coefficient (Wildman–Crippen LogP) is 3.58. The average Bonchev–Trinajstić information content (AvgIpc) is 2.41. The van der Waals surface area contributed by atoms with Crippen molar-refractivity contribution < 1.29 is 0 Å². The maximum absolute atomic E-state index is 4.10. The molecule has 0 aliphatic rings. The molecule has 0 saturated carbocycles. The fourth-order valence-corrected chi connectivity index (χ4v) is 2.39. The Kier molecular flexibility index (Phi) is 3.52. The molecular formula is C15H18N2. The zero-order chi connectivity index (χ0) is 12.1. The van der Waals surface area contributed by atoms with Crippen molar-refractivity contribution in [1.29, 1.82) is 0 Å². The van der Waals surface area contributed by atoms with E-state index >= 15 is 0 Å².